The molecule has 2 fully saturated rings. The molecule has 25 heavy (non-hydrogen) atoms. The fraction of sp³-hybridized carbons (Fsp3) is 1.00. The van der Waals surface area contributed by atoms with Gasteiger partial charge in [0, 0.05) is 42.7 Å². The molecule has 0 N–H and O–H groups in total. The van der Waals surface area contributed by atoms with E-state index in [1.54, 1.807) is 42.7 Å². The third-order valence-electron chi connectivity index (χ3n) is 4.70. The van der Waals surface area contributed by atoms with E-state index in [4.69, 9.17) is 42.6 Å². The SMILES string of the molecule is CO[C@H]1OC[C@H](O[C@H]2OC[C@@H](OC)[C@@H](OC)[C@H]2OC)[C@H](OC)[C@@H]1OC. The molecule has 9 nitrogen and oxygen atoms in total. The molecule has 2 aliphatic heterocycles. The minimum absolute atomic E-state index is 0.236. The highest BCUT2D eigenvalue weighted by molar-refractivity contribution is 4.90. The zero-order valence-corrected chi connectivity index (χ0v) is 15.7. The first kappa shape index (κ1) is 20.9. The lowest BCUT2D eigenvalue weighted by molar-refractivity contribution is -0.335. The van der Waals surface area contributed by atoms with Crippen LogP contribution in [-0.2, 0) is 42.6 Å². The van der Waals surface area contributed by atoms with Crippen LogP contribution in [0.25, 0.3) is 0 Å². The molecule has 0 unspecified atom stereocenters. The predicted octanol–water partition coefficient (Wildman–Crippen LogP) is -0.194. The first-order chi connectivity index (χ1) is 12.1. The van der Waals surface area contributed by atoms with Crippen LogP contribution in [0.3, 0.4) is 0 Å². The molecule has 0 aromatic rings. The smallest absolute Gasteiger partial charge is 0.187 e. The van der Waals surface area contributed by atoms with Crippen LogP contribution in [0.4, 0.5) is 0 Å². The zero-order valence-electron chi connectivity index (χ0n) is 15.7. The first-order valence-corrected chi connectivity index (χ1v) is 8.20. The summed E-state index contributed by atoms with van der Waals surface area (Å²) in [6.45, 7) is 0.609. The molecule has 0 aromatic heterocycles. The summed E-state index contributed by atoms with van der Waals surface area (Å²) in [5, 5.41) is 0. The van der Waals surface area contributed by atoms with Crippen molar-refractivity contribution in [1.29, 1.82) is 0 Å². The summed E-state index contributed by atoms with van der Waals surface area (Å²) in [6, 6.07) is 0. The van der Waals surface area contributed by atoms with Crippen LogP contribution in [0, 0.1) is 0 Å². The number of hydrogen-bond donors (Lipinski definition) is 0. The van der Waals surface area contributed by atoms with Crippen LogP contribution in [0.1, 0.15) is 0 Å². The summed E-state index contributed by atoms with van der Waals surface area (Å²) in [6.07, 6.45) is -3.41. The first-order valence-electron chi connectivity index (χ1n) is 8.20. The molecular weight excluding hydrogens is 336 g/mol. The van der Waals surface area contributed by atoms with Crippen molar-refractivity contribution in [2.45, 2.75) is 49.2 Å². The number of hydrogen-bond acceptors (Lipinski definition) is 9. The number of rotatable bonds is 8. The van der Waals surface area contributed by atoms with E-state index >= 15 is 0 Å². The zero-order chi connectivity index (χ0) is 18.4. The molecule has 0 amide bonds. The third kappa shape index (κ3) is 4.49. The van der Waals surface area contributed by atoms with Crippen LogP contribution in [0.2, 0.25) is 0 Å². The van der Waals surface area contributed by atoms with Gasteiger partial charge in [-0.3, -0.25) is 0 Å². The Morgan fingerprint density at radius 3 is 1.52 bits per heavy atom. The molecule has 2 heterocycles. The summed E-state index contributed by atoms with van der Waals surface area (Å²) in [5.74, 6) is 0. The summed E-state index contributed by atoms with van der Waals surface area (Å²) in [4.78, 5) is 0. The van der Waals surface area contributed by atoms with Crippen molar-refractivity contribution in [2.24, 2.45) is 0 Å². The van der Waals surface area contributed by atoms with E-state index in [1.807, 2.05) is 0 Å². The lowest BCUT2D eigenvalue weighted by atomic mass is 10.0. The summed E-state index contributed by atoms with van der Waals surface area (Å²) < 4.78 is 50.4. The average molecular weight is 366 g/mol. The molecule has 148 valence electrons. The van der Waals surface area contributed by atoms with E-state index in [-0.39, 0.29) is 24.9 Å². The van der Waals surface area contributed by atoms with Crippen molar-refractivity contribution >= 4 is 0 Å². The van der Waals surface area contributed by atoms with E-state index in [0.717, 1.165) is 0 Å². The average Bonchev–Trinajstić information content (AvgIpc) is 2.66. The van der Waals surface area contributed by atoms with Crippen LogP contribution >= 0.6 is 0 Å². The monoisotopic (exact) mass is 366 g/mol. The number of ether oxygens (including phenoxy) is 9. The molecule has 9 heteroatoms. The second kappa shape index (κ2) is 10.1. The van der Waals surface area contributed by atoms with Crippen molar-refractivity contribution in [2.75, 3.05) is 55.9 Å². The Bertz CT molecular complexity index is 349. The summed E-state index contributed by atoms with van der Waals surface area (Å²) >= 11 is 0. The van der Waals surface area contributed by atoms with Crippen molar-refractivity contribution in [1.82, 2.24) is 0 Å². The van der Waals surface area contributed by atoms with Gasteiger partial charge in [0.15, 0.2) is 12.6 Å². The highest BCUT2D eigenvalue weighted by atomic mass is 16.7. The second-order valence-corrected chi connectivity index (χ2v) is 5.89. The van der Waals surface area contributed by atoms with Gasteiger partial charge in [0.1, 0.15) is 36.6 Å². The second-order valence-electron chi connectivity index (χ2n) is 5.89. The molecule has 2 rings (SSSR count). The van der Waals surface area contributed by atoms with Gasteiger partial charge in [-0.2, -0.15) is 0 Å². The quantitative estimate of drug-likeness (QED) is 0.580. The van der Waals surface area contributed by atoms with Crippen molar-refractivity contribution in [3.05, 3.63) is 0 Å². The standard InChI is InChI=1S/C16H30O9/c1-17-9-7-24-16(14(21-5)11(9)18-2)25-10-8-23-15(22-6)13(20-4)12(10)19-3/h9-16H,7-8H2,1-6H3/t9-,10+,11-,12+,13+,14-,15+,16-/m1/s1. The largest absolute Gasteiger partial charge is 0.376 e. The van der Waals surface area contributed by atoms with E-state index in [9.17, 15) is 0 Å². The normalized spacial score (nSPS) is 42.5. The maximum absolute atomic E-state index is 6.12. The van der Waals surface area contributed by atoms with E-state index in [0.29, 0.717) is 6.61 Å². The van der Waals surface area contributed by atoms with Gasteiger partial charge in [0.2, 0.25) is 0 Å². The van der Waals surface area contributed by atoms with Crippen LogP contribution in [-0.4, -0.2) is 105 Å². The fourth-order valence-corrected chi connectivity index (χ4v) is 3.36. The molecule has 0 radical (unpaired) electrons. The molecule has 0 saturated carbocycles. The van der Waals surface area contributed by atoms with E-state index < -0.39 is 30.9 Å². The molecular formula is C16H30O9. The summed E-state index contributed by atoms with van der Waals surface area (Å²) in [7, 11) is 9.53. The fourth-order valence-electron chi connectivity index (χ4n) is 3.36. The Kier molecular flexibility index (Phi) is 8.46. The Morgan fingerprint density at radius 2 is 1.00 bits per heavy atom. The third-order valence-corrected chi connectivity index (χ3v) is 4.70. The van der Waals surface area contributed by atoms with Crippen LogP contribution < -0.4 is 0 Å². The molecule has 8 atom stereocenters. The van der Waals surface area contributed by atoms with E-state index in [1.165, 1.54) is 0 Å². The van der Waals surface area contributed by atoms with Gasteiger partial charge in [-0.15, -0.1) is 0 Å². The lowest BCUT2D eigenvalue weighted by Gasteiger charge is -2.45. The van der Waals surface area contributed by atoms with Crippen molar-refractivity contribution < 1.29 is 42.6 Å². The maximum atomic E-state index is 6.12. The Hall–Kier alpha value is -0.360. The van der Waals surface area contributed by atoms with Gasteiger partial charge in [-0.05, 0) is 0 Å². The summed E-state index contributed by atoms with van der Waals surface area (Å²) in [5.41, 5.74) is 0. The topological polar surface area (TPSA) is 83.1 Å². The van der Waals surface area contributed by atoms with Crippen LogP contribution in [0.5, 0.6) is 0 Å². The molecule has 0 bridgehead atoms. The molecule has 0 aromatic carbocycles. The minimum Gasteiger partial charge on any atom is -0.376 e. The Morgan fingerprint density at radius 1 is 0.520 bits per heavy atom. The predicted molar refractivity (Wildman–Crippen MR) is 85.3 cm³/mol. The van der Waals surface area contributed by atoms with Crippen molar-refractivity contribution in [3.63, 3.8) is 0 Å². The van der Waals surface area contributed by atoms with Gasteiger partial charge in [-0.25, -0.2) is 0 Å². The molecule has 2 aliphatic rings. The highest BCUT2D eigenvalue weighted by Gasteiger charge is 2.47. The van der Waals surface area contributed by atoms with Crippen molar-refractivity contribution in [3.8, 4) is 0 Å². The minimum atomic E-state index is -0.649. The lowest BCUT2D eigenvalue weighted by Crippen LogP contribution is -2.61. The van der Waals surface area contributed by atoms with Crippen LogP contribution in [0.15, 0.2) is 0 Å². The van der Waals surface area contributed by atoms with Gasteiger partial charge >= 0.3 is 0 Å². The van der Waals surface area contributed by atoms with Gasteiger partial charge in [0.05, 0.1) is 13.2 Å². The maximum Gasteiger partial charge on any atom is 0.187 e. The number of methoxy groups -OCH3 is 6. The Balaban J connectivity index is 2.08. The highest BCUT2D eigenvalue weighted by Crippen LogP contribution is 2.28. The van der Waals surface area contributed by atoms with E-state index in [2.05, 4.69) is 0 Å². The van der Waals surface area contributed by atoms with Gasteiger partial charge in [0.25, 0.3) is 0 Å². The molecule has 2 saturated heterocycles. The molecule has 0 spiro atoms. The Labute approximate surface area is 148 Å². The van der Waals surface area contributed by atoms with Gasteiger partial charge < -0.3 is 42.6 Å². The van der Waals surface area contributed by atoms with Gasteiger partial charge in [-0.1, -0.05) is 0 Å². The molecule has 0 aliphatic carbocycles.